The first-order chi connectivity index (χ1) is 14.0. The summed E-state index contributed by atoms with van der Waals surface area (Å²) in [5, 5.41) is 16.2. The molecule has 3 rings (SSSR count). The number of nitrogens with zero attached hydrogens (tertiary/aromatic N) is 2. The van der Waals surface area contributed by atoms with Crippen molar-refractivity contribution in [1.82, 2.24) is 4.98 Å². The topological polar surface area (TPSA) is 114 Å². The van der Waals surface area contributed by atoms with Crippen LogP contribution in [0.5, 0.6) is 0 Å². The minimum Gasteiger partial charge on any atom is -0.325 e. The highest BCUT2D eigenvalue weighted by molar-refractivity contribution is 8.00. The summed E-state index contributed by atoms with van der Waals surface area (Å²) in [5.74, 6) is -0.245. The van der Waals surface area contributed by atoms with Crippen molar-refractivity contribution in [2.24, 2.45) is 0 Å². The third kappa shape index (κ3) is 5.88. The predicted molar refractivity (Wildman–Crippen MR) is 111 cm³/mol. The Morgan fingerprint density at radius 1 is 0.897 bits per heavy atom. The molecule has 2 aromatic carbocycles. The number of rotatable bonds is 7. The summed E-state index contributed by atoms with van der Waals surface area (Å²) in [4.78, 5) is 39.1. The fourth-order valence-corrected chi connectivity index (χ4v) is 3.05. The molecule has 146 valence electrons. The standard InChI is InChI=1S/C20H16N4O4S/c25-19(22-16-9-11-21-12-10-16)13-29-18-7-3-15(4-8-18)23-20(26)14-1-5-17(6-2-14)24(27)28/h1-12H,13H2,(H,23,26)(H,21,22,25). The van der Waals surface area contributed by atoms with E-state index in [0.29, 0.717) is 16.9 Å². The Hall–Kier alpha value is -3.72. The first-order valence-electron chi connectivity index (χ1n) is 8.50. The van der Waals surface area contributed by atoms with E-state index in [0.717, 1.165) is 4.90 Å². The van der Waals surface area contributed by atoms with Crippen LogP contribution in [-0.4, -0.2) is 27.5 Å². The smallest absolute Gasteiger partial charge is 0.269 e. The van der Waals surface area contributed by atoms with Crippen LogP contribution in [0.1, 0.15) is 10.4 Å². The molecule has 2 amide bonds. The number of anilines is 2. The molecular formula is C20H16N4O4S. The number of hydrogen-bond acceptors (Lipinski definition) is 6. The number of hydrogen-bond donors (Lipinski definition) is 2. The maximum absolute atomic E-state index is 12.2. The summed E-state index contributed by atoms with van der Waals surface area (Å²) in [6.07, 6.45) is 3.21. The lowest BCUT2D eigenvalue weighted by molar-refractivity contribution is -0.384. The van der Waals surface area contributed by atoms with Crippen molar-refractivity contribution >= 4 is 40.6 Å². The molecule has 0 saturated heterocycles. The molecule has 0 radical (unpaired) electrons. The molecule has 9 heteroatoms. The molecule has 0 aliphatic carbocycles. The third-order valence-corrected chi connectivity index (χ3v) is 4.80. The molecule has 2 N–H and O–H groups in total. The van der Waals surface area contributed by atoms with E-state index in [1.807, 2.05) is 0 Å². The molecule has 0 aliphatic heterocycles. The summed E-state index contributed by atoms with van der Waals surface area (Å²) in [5.41, 5.74) is 1.52. The highest BCUT2D eigenvalue weighted by atomic mass is 32.2. The third-order valence-electron chi connectivity index (χ3n) is 3.79. The van der Waals surface area contributed by atoms with E-state index in [1.165, 1.54) is 36.0 Å². The van der Waals surface area contributed by atoms with Gasteiger partial charge in [0.1, 0.15) is 0 Å². The van der Waals surface area contributed by atoms with Gasteiger partial charge in [-0.3, -0.25) is 24.7 Å². The van der Waals surface area contributed by atoms with Gasteiger partial charge in [-0.05, 0) is 48.5 Å². The second kappa shape index (κ2) is 9.47. The maximum Gasteiger partial charge on any atom is 0.269 e. The van der Waals surface area contributed by atoms with Gasteiger partial charge in [-0.15, -0.1) is 11.8 Å². The van der Waals surface area contributed by atoms with E-state index in [-0.39, 0.29) is 23.3 Å². The lowest BCUT2D eigenvalue weighted by Gasteiger charge is -2.07. The minimum atomic E-state index is -0.518. The molecule has 1 heterocycles. The Balaban J connectivity index is 1.51. The Labute approximate surface area is 170 Å². The van der Waals surface area contributed by atoms with Crippen LogP contribution < -0.4 is 10.6 Å². The van der Waals surface area contributed by atoms with E-state index in [9.17, 15) is 19.7 Å². The summed E-state index contributed by atoms with van der Waals surface area (Å²) < 4.78 is 0. The van der Waals surface area contributed by atoms with Crippen LogP contribution in [0, 0.1) is 10.1 Å². The van der Waals surface area contributed by atoms with Crippen molar-refractivity contribution in [2.45, 2.75) is 4.90 Å². The lowest BCUT2D eigenvalue weighted by Crippen LogP contribution is -2.14. The number of amides is 2. The van der Waals surface area contributed by atoms with Gasteiger partial charge in [0.15, 0.2) is 0 Å². The quantitative estimate of drug-likeness (QED) is 0.347. The van der Waals surface area contributed by atoms with Crippen LogP contribution in [0.25, 0.3) is 0 Å². The van der Waals surface area contributed by atoms with Gasteiger partial charge in [0.2, 0.25) is 5.91 Å². The maximum atomic E-state index is 12.2. The summed E-state index contributed by atoms with van der Waals surface area (Å²) in [6.45, 7) is 0. The fourth-order valence-electron chi connectivity index (χ4n) is 2.35. The van der Waals surface area contributed by atoms with Gasteiger partial charge < -0.3 is 10.6 Å². The van der Waals surface area contributed by atoms with E-state index in [2.05, 4.69) is 15.6 Å². The van der Waals surface area contributed by atoms with Crippen LogP contribution in [0.4, 0.5) is 17.1 Å². The molecule has 0 atom stereocenters. The second-order valence-electron chi connectivity index (χ2n) is 5.86. The number of carbonyl (C=O) groups excluding carboxylic acids is 2. The predicted octanol–water partition coefficient (Wildman–Crippen LogP) is 3.97. The van der Waals surface area contributed by atoms with Crippen LogP contribution in [0.3, 0.4) is 0 Å². The average Bonchev–Trinajstić information content (AvgIpc) is 2.74. The Bertz CT molecular complexity index is 1010. The van der Waals surface area contributed by atoms with E-state index in [4.69, 9.17) is 0 Å². The number of benzene rings is 2. The zero-order valence-corrected chi connectivity index (χ0v) is 15.9. The van der Waals surface area contributed by atoms with Crippen molar-refractivity contribution in [1.29, 1.82) is 0 Å². The van der Waals surface area contributed by atoms with Crippen molar-refractivity contribution in [3.05, 3.63) is 88.7 Å². The van der Waals surface area contributed by atoms with Crippen molar-refractivity contribution in [2.75, 3.05) is 16.4 Å². The molecule has 0 aliphatic rings. The number of nitrogens with one attached hydrogen (secondary N) is 2. The second-order valence-corrected chi connectivity index (χ2v) is 6.90. The van der Waals surface area contributed by atoms with Gasteiger partial charge in [0.25, 0.3) is 11.6 Å². The van der Waals surface area contributed by atoms with Crippen molar-refractivity contribution in [3.8, 4) is 0 Å². The Kier molecular flexibility index (Phi) is 6.54. The van der Waals surface area contributed by atoms with E-state index < -0.39 is 4.92 Å². The SMILES string of the molecule is O=C(CSc1ccc(NC(=O)c2ccc([N+](=O)[O-])cc2)cc1)Nc1ccncc1. The number of thioether (sulfide) groups is 1. The van der Waals surface area contributed by atoms with E-state index in [1.54, 1.807) is 48.8 Å². The number of aromatic nitrogens is 1. The molecular weight excluding hydrogens is 392 g/mol. The molecule has 0 unspecified atom stereocenters. The first-order valence-corrected chi connectivity index (χ1v) is 9.48. The van der Waals surface area contributed by atoms with Crippen LogP contribution in [0.2, 0.25) is 0 Å². The fraction of sp³-hybridized carbons (Fsp3) is 0.0500. The molecule has 1 aromatic heterocycles. The van der Waals surface area contributed by atoms with Gasteiger partial charge in [0.05, 0.1) is 10.7 Å². The molecule has 0 bridgehead atoms. The zero-order chi connectivity index (χ0) is 20.6. The average molecular weight is 408 g/mol. The first kappa shape index (κ1) is 20.0. The summed E-state index contributed by atoms with van der Waals surface area (Å²) in [6, 6.07) is 15.9. The minimum absolute atomic E-state index is 0.0732. The molecule has 0 spiro atoms. The van der Waals surface area contributed by atoms with E-state index >= 15 is 0 Å². The van der Waals surface area contributed by atoms with Crippen LogP contribution >= 0.6 is 11.8 Å². The lowest BCUT2D eigenvalue weighted by atomic mass is 10.2. The summed E-state index contributed by atoms with van der Waals surface area (Å²) >= 11 is 1.37. The number of carbonyl (C=O) groups is 2. The van der Waals surface area contributed by atoms with Crippen LogP contribution in [-0.2, 0) is 4.79 Å². The van der Waals surface area contributed by atoms with Gasteiger partial charge >= 0.3 is 0 Å². The van der Waals surface area contributed by atoms with Crippen molar-refractivity contribution < 1.29 is 14.5 Å². The monoisotopic (exact) mass is 408 g/mol. The molecule has 3 aromatic rings. The van der Waals surface area contributed by atoms with Gasteiger partial charge in [-0.25, -0.2) is 0 Å². The largest absolute Gasteiger partial charge is 0.325 e. The number of pyridine rings is 1. The van der Waals surface area contributed by atoms with Gasteiger partial charge in [-0.2, -0.15) is 0 Å². The number of non-ortho nitro benzene ring substituents is 1. The highest BCUT2D eigenvalue weighted by Crippen LogP contribution is 2.21. The zero-order valence-electron chi connectivity index (χ0n) is 15.1. The number of nitro groups is 1. The van der Waals surface area contributed by atoms with Gasteiger partial charge in [0, 0.05) is 46.4 Å². The molecule has 0 saturated carbocycles. The normalized spacial score (nSPS) is 10.2. The van der Waals surface area contributed by atoms with Gasteiger partial charge in [-0.1, -0.05) is 0 Å². The molecule has 8 nitrogen and oxygen atoms in total. The molecule has 0 fully saturated rings. The summed E-state index contributed by atoms with van der Waals surface area (Å²) in [7, 11) is 0. The highest BCUT2D eigenvalue weighted by Gasteiger charge is 2.10. The molecule has 29 heavy (non-hydrogen) atoms. The van der Waals surface area contributed by atoms with Crippen LogP contribution in [0.15, 0.2) is 78.0 Å². The van der Waals surface area contributed by atoms with Crippen molar-refractivity contribution in [3.63, 3.8) is 0 Å². The Morgan fingerprint density at radius 2 is 1.52 bits per heavy atom. The Morgan fingerprint density at radius 3 is 2.14 bits per heavy atom. The number of nitro benzene ring substituents is 1.